The number of nitrogens with one attached hydrogen (secondary N) is 1. The number of hydrogen-bond donors (Lipinski definition) is 1. The smallest absolute Gasteiger partial charge is 0.321 e. The third-order valence-electron chi connectivity index (χ3n) is 6.47. The van der Waals surface area contributed by atoms with Crippen LogP contribution in [-0.2, 0) is 6.54 Å². The molecule has 4 aromatic rings. The van der Waals surface area contributed by atoms with E-state index in [1.54, 1.807) is 0 Å². The van der Waals surface area contributed by atoms with E-state index in [-0.39, 0.29) is 6.03 Å². The Bertz CT molecular complexity index is 1290. The van der Waals surface area contributed by atoms with Gasteiger partial charge in [0.2, 0.25) is 0 Å². The van der Waals surface area contributed by atoms with Crippen LogP contribution in [0.15, 0.2) is 66.9 Å². The number of pyridine rings is 1. The number of carbonyl (C=O) groups excluding carboxylic acids is 1. The number of fused-ring (bicyclic) bond motifs is 1. The van der Waals surface area contributed by atoms with E-state index >= 15 is 0 Å². The van der Waals surface area contributed by atoms with Crippen LogP contribution in [0.5, 0.6) is 0 Å². The van der Waals surface area contributed by atoms with Gasteiger partial charge in [0, 0.05) is 56.7 Å². The van der Waals surface area contributed by atoms with Crippen molar-refractivity contribution in [3.05, 3.63) is 78.0 Å². The molecule has 1 aliphatic heterocycles. The minimum atomic E-state index is -0.0236. The molecule has 0 aliphatic carbocycles. The number of aryl methyl sites for hydroxylation is 2. The van der Waals surface area contributed by atoms with Crippen molar-refractivity contribution in [2.45, 2.75) is 20.4 Å². The SMILES string of the molecule is Cc1ccc(C)c(NC(=O)N2CCN(CCn3c(-c4ccccc4)nc4cccnc43)CC2)c1. The van der Waals surface area contributed by atoms with Crippen molar-refractivity contribution in [1.29, 1.82) is 0 Å². The van der Waals surface area contributed by atoms with Gasteiger partial charge >= 0.3 is 6.03 Å². The first-order chi connectivity index (χ1) is 16.6. The lowest BCUT2D eigenvalue weighted by atomic mass is 10.1. The summed E-state index contributed by atoms with van der Waals surface area (Å²) in [5, 5.41) is 3.08. The third kappa shape index (κ3) is 4.65. The molecule has 0 spiro atoms. The van der Waals surface area contributed by atoms with E-state index in [0.29, 0.717) is 13.1 Å². The van der Waals surface area contributed by atoms with Crippen molar-refractivity contribution in [3.63, 3.8) is 0 Å². The zero-order valence-corrected chi connectivity index (χ0v) is 19.7. The highest BCUT2D eigenvalue weighted by atomic mass is 16.2. The van der Waals surface area contributed by atoms with Gasteiger partial charge in [0.05, 0.1) is 0 Å². The number of urea groups is 1. The molecule has 0 unspecified atom stereocenters. The minimum Gasteiger partial charge on any atom is -0.322 e. The molecule has 0 radical (unpaired) electrons. The Kier molecular flexibility index (Phi) is 6.27. The van der Waals surface area contributed by atoms with Gasteiger partial charge in [-0.25, -0.2) is 14.8 Å². The van der Waals surface area contributed by atoms with Gasteiger partial charge in [-0.2, -0.15) is 0 Å². The van der Waals surface area contributed by atoms with E-state index in [1.807, 2.05) is 67.4 Å². The fourth-order valence-electron chi connectivity index (χ4n) is 4.46. The fraction of sp³-hybridized carbons (Fsp3) is 0.296. The largest absolute Gasteiger partial charge is 0.322 e. The van der Waals surface area contributed by atoms with Crippen LogP contribution in [0.25, 0.3) is 22.6 Å². The third-order valence-corrected chi connectivity index (χ3v) is 6.47. The van der Waals surface area contributed by atoms with Gasteiger partial charge in [-0.05, 0) is 43.2 Å². The molecule has 0 atom stereocenters. The van der Waals surface area contributed by atoms with E-state index < -0.39 is 0 Å². The second-order valence-electron chi connectivity index (χ2n) is 8.88. The van der Waals surface area contributed by atoms with Gasteiger partial charge in [-0.1, -0.05) is 42.5 Å². The van der Waals surface area contributed by atoms with Crippen molar-refractivity contribution in [2.75, 3.05) is 38.0 Å². The second kappa shape index (κ2) is 9.65. The van der Waals surface area contributed by atoms with Crippen LogP contribution in [-0.4, -0.2) is 63.1 Å². The molecule has 2 aromatic heterocycles. The lowest BCUT2D eigenvalue weighted by molar-refractivity contribution is 0.145. The van der Waals surface area contributed by atoms with Crippen LogP contribution in [0.2, 0.25) is 0 Å². The zero-order valence-electron chi connectivity index (χ0n) is 19.7. The molecule has 0 saturated carbocycles. The first-order valence-electron chi connectivity index (χ1n) is 11.8. The normalized spacial score (nSPS) is 14.5. The summed E-state index contributed by atoms with van der Waals surface area (Å²) in [6, 6.07) is 20.3. The summed E-state index contributed by atoms with van der Waals surface area (Å²) < 4.78 is 2.21. The molecule has 3 heterocycles. The Morgan fingerprint density at radius 3 is 2.53 bits per heavy atom. The molecule has 1 aliphatic rings. The lowest BCUT2D eigenvalue weighted by Crippen LogP contribution is -2.50. The van der Waals surface area contributed by atoms with Gasteiger partial charge in [0.15, 0.2) is 5.65 Å². The number of aromatic nitrogens is 3. The molecule has 7 nitrogen and oxygen atoms in total. The van der Waals surface area contributed by atoms with E-state index in [4.69, 9.17) is 4.98 Å². The first-order valence-corrected chi connectivity index (χ1v) is 11.8. The molecule has 34 heavy (non-hydrogen) atoms. The minimum absolute atomic E-state index is 0.0236. The molecule has 174 valence electrons. The Balaban J connectivity index is 1.22. The van der Waals surface area contributed by atoms with Crippen LogP contribution >= 0.6 is 0 Å². The fourth-order valence-corrected chi connectivity index (χ4v) is 4.46. The van der Waals surface area contributed by atoms with E-state index in [2.05, 4.69) is 38.0 Å². The number of imidazole rings is 1. The zero-order chi connectivity index (χ0) is 23.5. The standard InChI is InChI=1S/C27H30N6O/c1-20-10-11-21(2)24(19-20)30-27(34)32-16-13-31(14-17-32)15-18-33-25(22-7-4-3-5-8-22)29-23-9-6-12-28-26(23)33/h3-12,19H,13-18H2,1-2H3,(H,30,34). The highest BCUT2D eigenvalue weighted by Gasteiger charge is 2.22. The van der Waals surface area contributed by atoms with Crippen molar-refractivity contribution in [2.24, 2.45) is 0 Å². The van der Waals surface area contributed by atoms with Crippen molar-refractivity contribution in [3.8, 4) is 11.4 Å². The number of rotatable bonds is 5. The summed E-state index contributed by atoms with van der Waals surface area (Å²) >= 11 is 0. The van der Waals surface area contributed by atoms with Crippen molar-refractivity contribution < 1.29 is 4.79 Å². The Morgan fingerprint density at radius 1 is 0.941 bits per heavy atom. The number of benzene rings is 2. The van der Waals surface area contributed by atoms with Crippen molar-refractivity contribution >= 4 is 22.9 Å². The van der Waals surface area contributed by atoms with E-state index in [9.17, 15) is 4.79 Å². The average Bonchev–Trinajstić information content (AvgIpc) is 3.24. The molecule has 2 aromatic carbocycles. The second-order valence-corrected chi connectivity index (χ2v) is 8.88. The Labute approximate surface area is 200 Å². The quantitative estimate of drug-likeness (QED) is 0.480. The maximum Gasteiger partial charge on any atom is 0.321 e. The molecule has 5 rings (SSSR count). The van der Waals surface area contributed by atoms with Crippen LogP contribution in [0.4, 0.5) is 10.5 Å². The molecule has 1 N–H and O–H groups in total. The number of piperazine rings is 1. The van der Waals surface area contributed by atoms with Gasteiger partial charge in [-0.3, -0.25) is 4.90 Å². The topological polar surface area (TPSA) is 66.3 Å². The number of nitrogens with zero attached hydrogens (tertiary/aromatic N) is 5. The highest BCUT2D eigenvalue weighted by Crippen LogP contribution is 2.23. The molecular formula is C27H30N6O. The summed E-state index contributed by atoms with van der Waals surface area (Å²) in [4.78, 5) is 26.6. The van der Waals surface area contributed by atoms with Gasteiger partial charge in [-0.15, -0.1) is 0 Å². The van der Waals surface area contributed by atoms with E-state index in [0.717, 1.165) is 65.5 Å². The summed E-state index contributed by atoms with van der Waals surface area (Å²) in [5.74, 6) is 0.945. The molecule has 1 fully saturated rings. The van der Waals surface area contributed by atoms with Crippen LogP contribution < -0.4 is 5.32 Å². The average molecular weight is 455 g/mol. The molecule has 2 amide bonds. The highest BCUT2D eigenvalue weighted by molar-refractivity contribution is 5.90. The monoisotopic (exact) mass is 454 g/mol. The van der Waals surface area contributed by atoms with Crippen LogP contribution in [0.1, 0.15) is 11.1 Å². The van der Waals surface area contributed by atoms with Gasteiger partial charge in [0.25, 0.3) is 0 Å². The van der Waals surface area contributed by atoms with Crippen molar-refractivity contribution in [1.82, 2.24) is 24.3 Å². The van der Waals surface area contributed by atoms with Gasteiger partial charge < -0.3 is 14.8 Å². The maximum atomic E-state index is 12.8. The predicted molar refractivity (Wildman–Crippen MR) is 136 cm³/mol. The summed E-state index contributed by atoms with van der Waals surface area (Å²) in [5.41, 5.74) is 6.02. The van der Waals surface area contributed by atoms with Crippen LogP contribution in [0, 0.1) is 13.8 Å². The number of amides is 2. The molecule has 1 saturated heterocycles. The maximum absolute atomic E-state index is 12.8. The first kappa shape index (κ1) is 22.1. The summed E-state index contributed by atoms with van der Waals surface area (Å²) in [7, 11) is 0. The number of hydrogen-bond acceptors (Lipinski definition) is 4. The molecule has 0 bridgehead atoms. The molecule has 7 heteroatoms. The van der Waals surface area contributed by atoms with E-state index in [1.165, 1.54) is 0 Å². The Hall–Kier alpha value is -3.71. The lowest BCUT2D eigenvalue weighted by Gasteiger charge is -2.35. The predicted octanol–water partition coefficient (Wildman–Crippen LogP) is 4.56. The summed E-state index contributed by atoms with van der Waals surface area (Å²) in [6.07, 6.45) is 1.82. The van der Waals surface area contributed by atoms with Crippen LogP contribution in [0.3, 0.4) is 0 Å². The number of carbonyl (C=O) groups is 1. The van der Waals surface area contributed by atoms with Gasteiger partial charge in [0.1, 0.15) is 11.3 Å². The number of anilines is 1. The summed E-state index contributed by atoms with van der Waals surface area (Å²) in [6.45, 7) is 8.86. The Morgan fingerprint density at radius 2 is 1.74 bits per heavy atom. The molecular weight excluding hydrogens is 424 g/mol.